The lowest BCUT2D eigenvalue weighted by Crippen LogP contribution is -2.26. The Morgan fingerprint density at radius 1 is 0.270 bits per heavy atom. The van der Waals surface area contributed by atoms with Gasteiger partial charge in [0.2, 0.25) is 0 Å². The van der Waals surface area contributed by atoms with E-state index < -0.39 is 5.41 Å². The first kappa shape index (κ1) is 33.7. The summed E-state index contributed by atoms with van der Waals surface area (Å²) in [6, 6.07) is 69.1. The molecule has 0 amide bonds. The first-order chi connectivity index (χ1) is 31.1. The van der Waals surface area contributed by atoms with E-state index in [1.807, 2.05) is 24.3 Å². The third-order valence-corrected chi connectivity index (χ3v) is 14.9. The maximum absolute atomic E-state index is 15.3. The van der Waals surface area contributed by atoms with Crippen LogP contribution in [0.4, 0.5) is 8.78 Å². The number of halogens is 2. The highest BCUT2D eigenvalue weighted by atomic mass is 19.1. The minimum atomic E-state index is -0.598. The Bertz CT molecular complexity index is 4130. The summed E-state index contributed by atoms with van der Waals surface area (Å²) in [4.78, 5) is 0. The van der Waals surface area contributed by atoms with Gasteiger partial charge in [0.25, 0.3) is 0 Å². The van der Waals surface area contributed by atoms with Crippen LogP contribution in [-0.4, -0.2) is 0 Å². The number of hydrogen-bond donors (Lipinski definition) is 0. The van der Waals surface area contributed by atoms with Gasteiger partial charge in [-0.05, 0) is 139 Å². The molecule has 0 aromatic heterocycles. The summed E-state index contributed by atoms with van der Waals surface area (Å²) in [7, 11) is 0. The van der Waals surface area contributed by atoms with Crippen molar-refractivity contribution in [3.8, 4) is 44.5 Å². The zero-order valence-corrected chi connectivity index (χ0v) is 33.7. The van der Waals surface area contributed by atoms with Crippen LogP contribution in [0.1, 0.15) is 22.3 Å². The van der Waals surface area contributed by atoms with Crippen LogP contribution in [0.2, 0.25) is 0 Å². The van der Waals surface area contributed by atoms with E-state index in [0.29, 0.717) is 10.8 Å². The van der Waals surface area contributed by atoms with Gasteiger partial charge in [0.05, 0.1) is 5.41 Å². The molecule has 0 bridgehead atoms. The molecule has 63 heavy (non-hydrogen) atoms. The topological polar surface area (TPSA) is 0 Å². The Hall–Kier alpha value is -7.94. The van der Waals surface area contributed by atoms with E-state index in [9.17, 15) is 0 Å². The molecule has 0 saturated heterocycles. The van der Waals surface area contributed by atoms with Crippen LogP contribution in [0.25, 0.3) is 120 Å². The van der Waals surface area contributed by atoms with Crippen molar-refractivity contribution in [1.82, 2.24) is 0 Å². The second kappa shape index (κ2) is 11.7. The fourth-order valence-corrected chi connectivity index (χ4v) is 12.4. The highest BCUT2D eigenvalue weighted by molar-refractivity contribution is 6.27. The number of fused-ring (bicyclic) bond motifs is 12. The Morgan fingerprint density at radius 3 is 1.33 bits per heavy atom. The summed E-state index contributed by atoms with van der Waals surface area (Å²) in [6.07, 6.45) is 0. The van der Waals surface area contributed by atoms with Crippen molar-refractivity contribution in [1.29, 1.82) is 0 Å². The summed E-state index contributed by atoms with van der Waals surface area (Å²) in [5.74, 6) is -0.384. The predicted octanol–water partition coefficient (Wildman–Crippen LogP) is 16.6. The normalized spacial score (nSPS) is 13.7. The van der Waals surface area contributed by atoms with Gasteiger partial charge < -0.3 is 0 Å². The molecule has 290 valence electrons. The van der Waals surface area contributed by atoms with Crippen LogP contribution in [0, 0.1) is 11.6 Å². The summed E-state index contributed by atoms with van der Waals surface area (Å²) >= 11 is 0. The van der Waals surface area contributed by atoms with Crippen molar-refractivity contribution in [3.63, 3.8) is 0 Å². The highest BCUT2D eigenvalue weighted by Gasteiger charge is 2.52. The largest absolute Gasteiger partial charge is 0.206 e. The molecule has 13 aromatic carbocycles. The van der Waals surface area contributed by atoms with E-state index in [2.05, 4.69) is 158 Å². The van der Waals surface area contributed by atoms with E-state index >= 15 is 8.78 Å². The van der Waals surface area contributed by atoms with E-state index in [-0.39, 0.29) is 11.6 Å². The second-order valence-electron chi connectivity index (χ2n) is 17.7. The van der Waals surface area contributed by atoms with E-state index in [1.54, 1.807) is 12.1 Å². The van der Waals surface area contributed by atoms with Crippen molar-refractivity contribution in [2.45, 2.75) is 5.41 Å². The minimum Gasteiger partial charge on any atom is -0.206 e. The van der Waals surface area contributed by atoms with Gasteiger partial charge in [0, 0.05) is 21.5 Å². The summed E-state index contributed by atoms with van der Waals surface area (Å²) in [6.45, 7) is 0. The zero-order valence-electron chi connectivity index (χ0n) is 33.7. The second-order valence-corrected chi connectivity index (χ2v) is 17.7. The van der Waals surface area contributed by atoms with Crippen LogP contribution in [0.5, 0.6) is 0 Å². The predicted molar refractivity (Wildman–Crippen MR) is 258 cm³/mol. The van der Waals surface area contributed by atoms with E-state index in [1.165, 1.54) is 55.3 Å². The molecule has 0 saturated carbocycles. The van der Waals surface area contributed by atoms with Gasteiger partial charge in [-0.25, -0.2) is 8.78 Å². The lowest BCUT2D eigenvalue weighted by atomic mass is 9.69. The summed E-state index contributed by atoms with van der Waals surface area (Å²) < 4.78 is 30.7. The SMILES string of the molecule is Fc1ccc2ccc3c(-c4ccc5c(c4)C4(c6ccccc6-c6ccccc64)c4c-5ccc5c(-c6ccc7ccc8c(F)ccc9ccc6c7c98)cccc45)ccc4ccc1c2c43. The van der Waals surface area contributed by atoms with Crippen molar-refractivity contribution in [2.24, 2.45) is 0 Å². The van der Waals surface area contributed by atoms with Gasteiger partial charge in [0.1, 0.15) is 11.6 Å². The molecule has 0 N–H and O–H groups in total. The third-order valence-electron chi connectivity index (χ3n) is 14.9. The molecule has 0 nitrogen and oxygen atoms in total. The molecule has 13 aromatic rings. The number of rotatable bonds is 2. The molecule has 0 atom stereocenters. The average molecular weight is 803 g/mol. The maximum atomic E-state index is 15.3. The van der Waals surface area contributed by atoms with Crippen molar-refractivity contribution in [3.05, 3.63) is 228 Å². The first-order valence-corrected chi connectivity index (χ1v) is 21.7. The standard InChI is InChI=1S/C61H32F2/c62-54-30-19-35-14-24-45-38(21-12-33-16-26-49(54)58(35)56(33)45)37-18-23-44-48-29-28-41-39(40-22-13-34-17-27-50-55(63)31-20-36-15-25-46(40)57(34)59(36)50)8-5-9-47(41)60(48)61(53(44)32-37)51-10-3-1-6-42(51)43-7-2-4-11-52(43)61/h1-32H. The van der Waals surface area contributed by atoms with Gasteiger partial charge in [-0.15, -0.1) is 0 Å². The fraction of sp³-hybridized carbons (Fsp3) is 0.0164. The van der Waals surface area contributed by atoms with Gasteiger partial charge >= 0.3 is 0 Å². The first-order valence-electron chi connectivity index (χ1n) is 21.7. The lowest BCUT2D eigenvalue weighted by Gasteiger charge is -2.32. The van der Waals surface area contributed by atoms with Crippen molar-refractivity contribution >= 4 is 75.4 Å². The molecule has 0 radical (unpaired) electrons. The van der Waals surface area contributed by atoms with Gasteiger partial charge in [0.15, 0.2) is 0 Å². The van der Waals surface area contributed by atoms with Crippen LogP contribution in [-0.2, 0) is 5.41 Å². The summed E-state index contributed by atoms with van der Waals surface area (Å²) in [5, 5.41) is 14.5. The van der Waals surface area contributed by atoms with E-state index in [4.69, 9.17) is 0 Å². The molecule has 0 unspecified atom stereocenters. The smallest absolute Gasteiger partial charge is 0.131 e. The Balaban J connectivity index is 1.03. The molecule has 15 rings (SSSR count). The molecular formula is C61H32F2. The maximum Gasteiger partial charge on any atom is 0.131 e. The fourth-order valence-electron chi connectivity index (χ4n) is 12.4. The molecule has 2 aliphatic carbocycles. The Morgan fingerprint density at radius 2 is 0.698 bits per heavy atom. The van der Waals surface area contributed by atoms with E-state index in [0.717, 1.165) is 76.1 Å². The van der Waals surface area contributed by atoms with Gasteiger partial charge in [-0.3, -0.25) is 0 Å². The van der Waals surface area contributed by atoms with Crippen LogP contribution in [0.15, 0.2) is 194 Å². The van der Waals surface area contributed by atoms with Gasteiger partial charge in [-0.1, -0.05) is 176 Å². The molecular weight excluding hydrogens is 771 g/mol. The quantitative estimate of drug-likeness (QED) is 0.153. The molecule has 0 fully saturated rings. The van der Waals surface area contributed by atoms with Gasteiger partial charge in [-0.2, -0.15) is 0 Å². The Kier molecular flexibility index (Phi) is 6.27. The average Bonchev–Trinajstić information content (AvgIpc) is 3.80. The summed E-state index contributed by atoms with van der Waals surface area (Å²) in [5.41, 5.74) is 14.1. The number of benzene rings is 13. The molecule has 2 heteroatoms. The monoisotopic (exact) mass is 802 g/mol. The molecule has 0 heterocycles. The highest BCUT2D eigenvalue weighted by Crippen LogP contribution is 2.65. The third kappa shape index (κ3) is 4.06. The van der Waals surface area contributed by atoms with Crippen molar-refractivity contribution < 1.29 is 8.78 Å². The minimum absolute atomic E-state index is 0.192. The van der Waals surface area contributed by atoms with Crippen LogP contribution in [0.3, 0.4) is 0 Å². The Labute approximate surface area is 360 Å². The molecule has 1 spiro atoms. The molecule has 2 aliphatic rings. The van der Waals surface area contributed by atoms with Crippen LogP contribution < -0.4 is 0 Å². The van der Waals surface area contributed by atoms with Crippen LogP contribution >= 0.6 is 0 Å². The number of hydrogen-bond acceptors (Lipinski definition) is 0. The van der Waals surface area contributed by atoms with Crippen molar-refractivity contribution in [2.75, 3.05) is 0 Å². The molecule has 0 aliphatic heterocycles. The lowest BCUT2D eigenvalue weighted by molar-refractivity contribution is 0.640. The zero-order chi connectivity index (χ0) is 41.3.